The van der Waals surface area contributed by atoms with Crippen LogP contribution in [0.4, 0.5) is 0 Å². The minimum absolute atomic E-state index is 0. The zero-order chi connectivity index (χ0) is 30.5. The van der Waals surface area contributed by atoms with E-state index in [-0.39, 0.29) is 26.8 Å². The predicted molar refractivity (Wildman–Crippen MR) is 181 cm³/mol. The Hall–Kier alpha value is -5.25. The first-order valence-corrected chi connectivity index (χ1v) is 14.9. The summed E-state index contributed by atoms with van der Waals surface area (Å²) in [6.45, 7) is 3.91. The van der Waals surface area contributed by atoms with E-state index in [0.29, 0.717) is 17.1 Å². The van der Waals surface area contributed by atoms with Crippen molar-refractivity contribution >= 4 is 32.7 Å². The van der Waals surface area contributed by atoms with E-state index >= 15 is 0 Å². The molecule has 0 saturated heterocycles. The SMILES string of the molecule is Cc1cc(O)c2nc(Oc3[c-]c4c(cc3)c3ccccc3n4-c3cc(-c4ccccc4)cc(-c4ccccc4)n3)c(C)cc2c1.[Pt]. The number of aromatic hydroxyl groups is 1. The van der Waals surface area contributed by atoms with E-state index < -0.39 is 0 Å². The predicted octanol–water partition coefficient (Wildman–Crippen LogP) is 9.97. The van der Waals surface area contributed by atoms with Gasteiger partial charge in [-0.1, -0.05) is 84.4 Å². The van der Waals surface area contributed by atoms with Gasteiger partial charge in [-0.25, -0.2) is 9.97 Å². The van der Waals surface area contributed by atoms with Crippen molar-refractivity contribution in [1.82, 2.24) is 14.5 Å². The van der Waals surface area contributed by atoms with Crippen LogP contribution < -0.4 is 4.74 Å². The smallest absolute Gasteiger partial charge is 0.220 e. The van der Waals surface area contributed by atoms with Crippen molar-refractivity contribution in [2.24, 2.45) is 0 Å². The van der Waals surface area contributed by atoms with Crippen LogP contribution in [0.5, 0.6) is 17.4 Å². The quantitative estimate of drug-likeness (QED) is 0.177. The maximum Gasteiger partial charge on any atom is 0.220 e. The fraction of sp³-hybridized carbons (Fsp3) is 0.0500. The Labute approximate surface area is 281 Å². The number of para-hydroxylation sites is 1. The summed E-state index contributed by atoms with van der Waals surface area (Å²) in [7, 11) is 0. The maximum absolute atomic E-state index is 10.6. The fourth-order valence-corrected chi connectivity index (χ4v) is 6.07. The Balaban J connectivity index is 0.00000338. The Bertz CT molecular complexity index is 2330. The summed E-state index contributed by atoms with van der Waals surface area (Å²) in [4.78, 5) is 9.91. The Morgan fingerprint density at radius 2 is 1.39 bits per heavy atom. The van der Waals surface area contributed by atoms with Gasteiger partial charge in [0, 0.05) is 48.8 Å². The van der Waals surface area contributed by atoms with E-state index in [1.807, 2.05) is 62.4 Å². The molecule has 0 unspecified atom stereocenters. The maximum atomic E-state index is 10.6. The summed E-state index contributed by atoms with van der Waals surface area (Å²) in [5.74, 6) is 1.87. The molecule has 5 nitrogen and oxygen atoms in total. The number of aromatic nitrogens is 3. The zero-order valence-electron chi connectivity index (χ0n) is 25.1. The number of pyridine rings is 2. The van der Waals surface area contributed by atoms with Crippen molar-refractivity contribution in [1.29, 1.82) is 0 Å². The second-order valence-corrected chi connectivity index (χ2v) is 11.3. The molecule has 3 heterocycles. The molecule has 46 heavy (non-hydrogen) atoms. The van der Waals surface area contributed by atoms with Crippen LogP contribution in [0, 0.1) is 19.9 Å². The largest absolute Gasteiger partial charge is 0.506 e. The first-order valence-electron chi connectivity index (χ1n) is 14.9. The molecule has 5 aromatic carbocycles. The van der Waals surface area contributed by atoms with Crippen molar-refractivity contribution < 1.29 is 30.9 Å². The molecule has 0 aliphatic heterocycles. The van der Waals surface area contributed by atoms with Gasteiger partial charge in [0.05, 0.1) is 5.69 Å². The van der Waals surface area contributed by atoms with Gasteiger partial charge in [0.1, 0.15) is 17.1 Å². The number of benzene rings is 5. The molecule has 8 rings (SSSR count). The molecule has 226 valence electrons. The number of nitrogens with zero attached hydrogens (tertiary/aromatic N) is 3. The van der Waals surface area contributed by atoms with E-state index in [0.717, 1.165) is 66.5 Å². The third-order valence-corrected chi connectivity index (χ3v) is 8.17. The van der Waals surface area contributed by atoms with Crippen LogP contribution in [0.1, 0.15) is 11.1 Å². The van der Waals surface area contributed by atoms with Gasteiger partial charge in [-0.2, -0.15) is 6.07 Å². The normalized spacial score (nSPS) is 11.2. The molecule has 0 spiro atoms. The first-order chi connectivity index (χ1) is 22.0. The molecule has 0 atom stereocenters. The third-order valence-electron chi connectivity index (χ3n) is 8.17. The number of hydrogen-bond acceptors (Lipinski definition) is 4. The van der Waals surface area contributed by atoms with Gasteiger partial charge in [-0.15, -0.1) is 17.5 Å². The van der Waals surface area contributed by atoms with Gasteiger partial charge in [-0.3, -0.25) is 0 Å². The Kier molecular flexibility index (Phi) is 7.64. The van der Waals surface area contributed by atoms with Crippen LogP contribution in [0.2, 0.25) is 0 Å². The van der Waals surface area contributed by atoms with Crippen LogP contribution in [0.3, 0.4) is 0 Å². The monoisotopic (exact) mass is 777 g/mol. The topological polar surface area (TPSA) is 60.2 Å². The molecule has 3 aromatic heterocycles. The summed E-state index contributed by atoms with van der Waals surface area (Å²) in [5.41, 5.74) is 8.34. The summed E-state index contributed by atoms with van der Waals surface area (Å²) in [6, 6.07) is 46.5. The van der Waals surface area contributed by atoms with Crippen LogP contribution in [0.25, 0.3) is 60.9 Å². The van der Waals surface area contributed by atoms with Gasteiger partial charge < -0.3 is 14.4 Å². The van der Waals surface area contributed by atoms with E-state index in [2.05, 4.69) is 83.4 Å². The van der Waals surface area contributed by atoms with Crippen molar-refractivity contribution in [3.63, 3.8) is 0 Å². The molecule has 0 fully saturated rings. The van der Waals surface area contributed by atoms with E-state index in [1.54, 1.807) is 6.07 Å². The van der Waals surface area contributed by atoms with Gasteiger partial charge in [-0.05, 0) is 72.3 Å². The molecule has 8 aromatic rings. The average molecular weight is 778 g/mol. The number of fused-ring (bicyclic) bond motifs is 4. The number of phenols is 1. The average Bonchev–Trinajstić information content (AvgIpc) is 3.39. The third kappa shape index (κ3) is 5.23. The Morgan fingerprint density at radius 3 is 2.17 bits per heavy atom. The summed E-state index contributed by atoms with van der Waals surface area (Å²) in [6.07, 6.45) is 0. The number of hydrogen-bond donors (Lipinski definition) is 1. The van der Waals surface area contributed by atoms with Crippen LogP contribution in [-0.2, 0) is 21.1 Å². The van der Waals surface area contributed by atoms with Crippen molar-refractivity contribution in [2.45, 2.75) is 13.8 Å². The number of ether oxygens (including phenoxy) is 1. The van der Waals surface area contributed by atoms with E-state index in [4.69, 9.17) is 14.7 Å². The van der Waals surface area contributed by atoms with Gasteiger partial charge in [0.15, 0.2) is 0 Å². The second kappa shape index (κ2) is 11.9. The first kappa shape index (κ1) is 29.5. The van der Waals surface area contributed by atoms with Crippen LogP contribution in [-0.4, -0.2) is 19.6 Å². The number of aryl methyl sites for hydroxylation is 2. The van der Waals surface area contributed by atoms with Gasteiger partial charge in [0.2, 0.25) is 5.88 Å². The summed E-state index contributed by atoms with van der Waals surface area (Å²) in [5, 5.41) is 13.6. The zero-order valence-corrected chi connectivity index (χ0v) is 27.4. The second-order valence-electron chi connectivity index (χ2n) is 11.3. The molecule has 0 saturated carbocycles. The van der Waals surface area contributed by atoms with Crippen LogP contribution >= 0.6 is 0 Å². The van der Waals surface area contributed by atoms with Crippen molar-refractivity contribution in [3.8, 4) is 45.6 Å². The molecule has 0 bridgehead atoms. The van der Waals surface area contributed by atoms with E-state index in [1.165, 1.54) is 0 Å². The molecule has 0 amide bonds. The van der Waals surface area contributed by atoms with E-state index in [9.17, 15) is 5.11 Å². The summed E-state index contributed by atoms with van der Waals surface area (Å²) < 4.78 is 8.53. The molecule has 1 N–H and O–H groups in total. The van der Waals surface area contributed by atoms with Crippen LogP contribution in [0.15, 0.2) is 127 Å². The Morgan fingerprint density at radius 1 is 0.674 bits per heavy atom. The van der Waals surface area contributed by atoms with Gasteiger partial charge in [0.25, 0.3) is 0 Å². The molecule has 0 radical (unpaired) electrons. The number of phenolic OH excluding ortho intramolecular Hbond substituents is 1. The minimum Gasteiger partial charge on any atom is -0.506 e. The minimum atomic E-state index is 0. The van der Waals surface area contributed by atoms with Crippen molar-refractivity contribution in [3.05, 3.63) is 145 Å². The molecule has 6 heteroatoms. The molecule has 0 aliphatic carbocycles. The summed E-state index contributed by atoms with van der Waals surface area (Å²) >= 11 is 0. The fourth-order valence-electron chi connectivity index (χ4n) is 6.07. The van der Waals surface area contributed by atoms with Crippen molar-refractivity contribution in [2.75, 3.05) is 0 Å². The molecular weight excluding hydrogens is 750 g/mol. The van der Waals surface area contributed by atoms with Gasteiger partial charge >= 0.3 is 0 Å². The number of rotatable bonds is 5. The molecular formula is C40H28N3O2Pt-. The molecule has 0 aliphatic rings. The standard InChI is InChI=1S/C40H28N3O2.Pt/c1-25-19-30-21-26(2)40(42-39(30)37(44)20-25)45-31-17-18-33-32-15-9-10-16-35(32)43(36(33)24-31)38-23-29(27-11-5-3-6-12-27)22-34(41-38)28-13-7-4-8-14-28;/h3-23,44H,1-2H3;/q-1;.